The van der Waals surface area contributed by atoms with E-state index in [4.69, 9.17) is 10.5 Å². The van der Waals surface area contributed by atoms with Crippen LogP contribution in [0.2, 0.25) is 0 Å². The van der Waals surface area contributed by atoms with Gasteiger partial charge in [-0.2, -0.15) is 5.10 Å². The summed E-state index contributed by atoms with van der Waals surface area (Å²) < 4.78 is 8.14. The van der Waals surface area contributed by atoms with Gasteiger partial charge < -0.3 is 10.5 Å². The normalized spacial score (nSPS) is 27.0. The average Bonchev–Trinajstić information content (AvgIpc) is 3.03. The molecule has 2 aliphatic rings. The SMILES string of the molecule is NCc1ncnn1CC1CCC2(CCCC2)O1. The van der Waals surface area contributed by atoms with Gasteiger partial charge in [0.2, 0.25) is 0 Å². The molecular formula is C12H20N4O. The second-order valence-electron chi connectivity index (χ2n) is 5.23. The van der Waals surface area contributed by atoms with Gasteiger partial charge in [0.25, 0.3) is 0 Å². The van der Waals surface area contributed by atoms with Crippen molar-refractivity contribution in [3.63, 3.8) is 0 Å². The van der Waals surface area contributed by atoms with Gasteiger partial charge in [-0.1, -0.05) is 12.8 Å². The molecule has 1 saturated heterocycles. The second kappa shape index (κ2) is 4.38. The van der Waals surface area contributed by atoms with Gasteiger partial charge in [0.1, 0.15) is 12.2 Å². The Bertz CT molecular complexity index is 384. The molecule has 1 saturated carbocycles. The van der Waals surface area contributed by atoms with Crippen LogP contribution in [0.3, 0.4) is 0 Å². The van der Waals surface area contributed by atoms with Crippen LogP contribution in [-0.2, 0) is 17.8 Å². The molecule has 17 heavy (non-hydrogen) atoms. The van der Waals surface area contributed by atoms with E-state index in [0.29, 0.717) is 12.6 Å². The summed E-state index contributed by atoms with van der Waals surface area (Å²) >= 11 is 0. The number of hydrogen-bond acceptors (Lipinski definition) is 4. The maximum absolute atomic E-state index is 6.25. The molecule has 2 heterocycles. The molecule has 1 aliphatic heterocycles. The Balaban J connectivity index is 1.64. The molecule has 1 atom stereocenters. The quantitative estimate of drug-likeness (QED) is 0.857. The van der Waals surface area contributed by atoms with Crippen molar-refractivity contribution in [2.45, 2.75) is 63.3 Å². The van der Waals surface area contributed by atoms with Crippen molar-refractivity contribution in [1.82, 2.24) is 14.8 Å². The van der Waals surface area contributed by atoms with E-state index in [0.717, 1.165) is 18.8 Å². The summed E-state index contributed by atoms with van der Waals surface area (Å²) in [4.78, 5) is 4.14. The van der Waals surface area contributed by atoms with E-state index in [-0.39, 0.29) is 5.60 Å². The Morgan fingerprint density at radius 1 is 1.41 bits per heavy atom. The van der Waals surface area contributed by atoms with Crippen LogP contribution in [0.15, 0.2) is 6.33 Å². The van der Waals surface area contributed by atoms with Crippen molar-refractivity contribution in [3.05, 3.63) is 12.2 Å². The van der Waals surface area contributed by atoms with Crippen molar-refractivity contribution in [1.29, 1.82) is 0 Å². The summed E-state index contributed by atoms with van der Waals surface area (Å²) in [5.41, 5.74) is 5.82. The Hall–Kier alpha value is -0.940. The fraction of sp³-hybridized carbons (Fsp3) is 0.833. The van der Waals surface area contributed by atoms with Crippen LogP contribution in [0.4, 0.5) is 0 Å². The van der Waals surface area contributed by atoms with Crippen LogP contribution < -0.4 is 5.73 Å². The molecule has 2 N–H and O–H groups in total. The lowest BCUT2D eigenvalue weighted by Crippen LogP contribution is -2.27. The molecular weight excluding hydrogens is 216 g/mol. The smallest absolute Gasteiger partial charge is 0.140 e. The summed E-state index contributed by atoms with van der Waals surface area (Å²) in [5, 5.41) is 4.21. The summed E-state index contributed by atoms with van der Waals surface area (Å²) in [6.45, 7) is 1.24. The highest BCUT2D eigenvalue weighted by Crippen LogP contribution is 2.43. The van der Waals surface area contributed by atoms with Crippen molar-refractivity contribution >= 4 is 0 Å². The highest BCUT2D eigenvalue weighted by molar-refractivity contribution is 4.93. The highest BCUT2D eigenvalue weighted by Gasteiger charge is 2.42. The molecule has 0 radical (unpaired) electrons. The molecule has 1 aliphatic carbocycles. The van der Waals surface area contributed by atoms with Gasteiger partial charge in [-0.3, -0.25) is 0 Å². The fourth-order valence-electron chi connectivity index (χ4n) is 3.20. The monoisotopic (exact) mass is 236 g/mol. The van der Waals surface area contributed by atoms with Crippen LogP contribution in [0, 0.1) is 0 Å². The molecule has 1 aromatic heterocycles. The van der Waals surface area contributed by atoms with E-state index in [1.807, 2.05) is 4.68 Å². The third kappa shape index (κ3) is 2.09. The second-order valence-corrected chi connectivity index (χ2v) is 5.23. The molecule has 1 spiro atoms. The van der Waals surface area contributed by atoms with Crippen LogP contribution in [-0.4, -0.2) is 26.5 Å². The maximum Gasteiger partial charge on any atom is 0.140 e. The zero-order valence-electron chi connectivity index (χ0n) is 10.1. The van der Waals surface area contributed by atoms with E-state index in [1.165, 1.54) is 32.1 Å². The molecule has 2 fully saturated rings. The predicted octanol–water partition coefficient (Wildman–Crippen LogP) is 1.23. The lowest BCUT2D eigenvalue weighted by atomic mass is 9.98. The van der Waals surface area contributed by atoms with Gasteiger partial charge in [0, 0.05) is 0 Å². The Morgan fingerprint density at radius 3 is 3.00 bits per heavy atom. The van der Waals surface area contributed by atoms with E-state index in [9.17, 15) is 0 Å². The molecule has 1 aromatic rings. The van der Waals surface area contributed by atoms with Crippen molar-refractivity contribution < 1.29 is 4.74 Å². The van der Waals surface area contributed by atoms with Crippen molar-refractivity contribution in [2.24, 2.45) is 5.73 Å². The molecule has 1 unspecified atom stereocenters. The summed E-state index contributed by atoms with van der Waals surface area (Å²) in [6, 6.07) is 0. The fourth-order valence-corrected chi connectivity index (χ4v) is 3.20. The van der Waals surface area contributed by atoms with Gasteiger partial charge in [-0.15, -0.1) is 0 Å². The summed E-state index contributed by atoms with van der Waals surface area (Å²) in [6.07, 6.45) is 9.35. The first-order valence-electron chi connectivity index (χ1n) is 6.56. The molecule has 5 nitrogen and oxygen atoms in total. The highest BCUT2D eigenvalue weighted by atomic mass is 16.5. The topological polar surface area (TPSA) is 66.0 Å². The third-order valence-electron chi connectivity index (χ3n) is 4.11. The third-order valence-corrected chi connectivity index (χ3v) is 4.11. The molecule has 94 valence electrons. The molecule has 0 bridgehead atoms. The largest absolute Gasteiger partial charge is 0.370 e. The van der Waals surface area contributed by atoms with Gasteiger partial charge in [-0.05, 0) is 25.7 Å². The number of ether oxygens (including phenoxy) is 1. The van der Waals surface area contributed by atoms with Gasteiger partial charge in [-0.25, -0.2) is 9.67 Å². The van der Waals surface area contributed by atoms with E-state index in [1.54, 1.807) is 6.33 Å². The van der Waals surface area contributed by atoms with Gasteiger partial charge in [0.15, 0.2) is 0 Å². The zero-order chi connectivity index (χ0) is 11.7. The molecule has 3 rings (SSSR count). The number of nitrogens with zero attached hydrogens (tertiary/aromatic N) is 3. The Labute approximate surface area is 101 Å². The predicted molar refractivity (Wildman–Crippen MR) is 63.2 cm³/mol. The number of hydrogen-bond donors (Lipinski definition) is 1. The van der Waals surface area contributed by atoms with E-state index >= 15 is 0 Å². The minimum atomic E-state index is 0.203. The van der Waals surface area contributed by atoms with Crippen LogP contribution in [0.25, 0.3) is 0 Å². The minimum absolute atomic E-state index is 0.203. The Kier molecular flexibility index (Phi) is 2.88. The van der Waals surface area contributed by atoms with Crippen LogP contribution in [0.1, 0.15) is 44.3 Å². The number of nitrogens with two attached hydrogens (primary N) is 1. The minimum Gasteiger partial charge on any atom is -0.370 e. The standard InChI is InChI=1S/C12H20N4O/c13-7-11-14-9-15-16(11)8-10-3-6-12(17-10)4-1-2-5-12/h9-10H,1-8,13H2. The summed E-state index contributed by atoms with van der Waals surface area (Å²) in [7, 11) is 0. The zero-order valence-corrected chi connectivity index (χ0v) is 10.1. The van der Waals surface area contributed by atoms with Crippen molar-refractivity contribution in [2.75, 3.05) is 0 Å². The number of rotatable bonds is 3. The molecule has 0 amide bonds. The number of aromatic nitrogens is 3. The van der Waals surface area contributed by atoms with Crippen molar-refractivity contribution in [3.8, 4) is 0 Å². The maximum atomic E-state index is 6.25. The van der Waals surface area contributed by atoms with E-state index in [2.05, 4.69) is 10.1 Å². The first-order valence-corrected chi connectivity index (χ1v) is 6.56. The Morgan fingerprint density at radius 2 is 2.24 bits per heavy atom. The lowest BCUT2D eigenvalue weighted by molar-refractivity contribution is -0.0432. The van der Waals surface area contributed by atoms with E-state index < -0.39 is 0 Å². The molecule has 0 aromatic carbocycles. The first kappa shape index (κ1) is 11.2. The van der Waals surface area contributed by atoms with Gasteiger partial charge in [0.05, 0.1) is 24.8 Å². The lowest BCUT2D eigenvalue weighted by Gasteiger charge is -2.23. The van der Waals surface area contributed by atoms with Crippen LogP contribution in [0.5, 0.6) is 0 Å². The van der Waals surface area contributed by atoms with Crippen LogP contribution >= 0.6 is 0 Å². The summed E-state index contributed by atoms with van der Waals surface area (Å²) in [5.74, 6) is 0.848. The average molecular weight is 236 g/mol. The molecule has 5 heteroatoms. The first-order chi connectivity index (χ1) is 8.31. The van der Waals surface area contributed by atoms with Gasteiger partial charge >= 0.3 is 0 Å².